The molecule has 6 heteroatoms. The molecule has 2 fully saturated rings. The maximum atomic E-state index is 12.4. The first-order valence-corrected chi connectivity index (χ1v) is 8.85. The molecule has 0 spiro atoms. The maximum absolute atomic E-state index is 12.4. The minimum absolute atomic E-state index is 0.0460. The molecule has 5 nitrogen and oxygen atoms in total. The van der Waals surface area contributed by atoms with Gasteiger partial charge in [0.2, 0.25) is 0 Å². The fraction of sp³-hybridized carbons (Fsp3) is 0.688. The van der Waals surface area contributed by atoms with E-state index in [1.807, 2.05) is 18.4 Å². The van der Waals surface area contributed by atoms with Crippen LogP contribution >= 0.6 is 11.3 Å². The van der Waals surface area contributed by atoms with E-state index in [1.54, 1.807) is 0 Å². The van der Waals surface area contributed by atoms with Crippen molar-refractivity contribution in [1.29, 1.82) is 0 Å². The van der Waals surface area contributed by atoms with Crippen molar-refractivity contribution in [3.63, 3.8) is 0 Å². The quantitative estimate of drug-likeness (QED) is 0.892. The van der Waals surface area contributed by atoms with Crippen LogP contribution in [0, 0.1) is 12.8 Å². The molecule has 1 N–H and O–H groups in total. The van der Waals surface area contributed by atoms with Gasteiger partial charge in [0.05, 0.1) is 24.7 Å². The molecule has 2 aliphatic heterocycles. The summed E-state index contributed by atoms with van der Waals surface area (Å²) in [7, 11) is 0. The van der Waals surface area contributed by atoms with Gasteiger partial charge in [-0.3, -0.25) is 9.69 Å². The van der Waals surface area contributed by atoms with Gasteiger partial charge in [-0.1, -0.05) is 0 Å². The number of rotatable bonds is 5. The van der Waals surface area contributed by atoms with E-state index in [2.05, 4.69) is 10.2 Å². The second kappa shape index (κ2) is 7.55. The number of nitrogens with zero attached hydrogens (tertiary/aromatic N) is 1. The minimum atomic E-state index is 0.0460. The lowest BCUT2D eigenvalue weighted by Crippen LogP contribution is -2.52. The highest BCUT2D eigenvalue weighted by atomic mass is 32.1. The summed E-state index contributed by atoms with van der Waals surface area (Å²) in [4.78, 5) is 15.6. The molecule has 3 heterocycles. The number of nitrogens with one attached hydrogen (secondary N) is 1. The molecule has 122 valence electrons. The molecular weight excluding hydrogens is 300 g/mol. The number of aryl methyl sites for hydroxylation is 1. The van der Waals surface area contributed by atoms with Gasteiger partial charge in [-0.25, -0.2) is 0 Å². The number of carbonyl (C=O) groups is 1. The van der Waals surface area contributed by atoms with E-state index in [0.29, 0.717) is 18.5 Å². The van der Waals surface area contributed by atoms with Crippen LogP contribution in [0.15, 0.2) is 11.4 Å². The van der Waals surface area contributed by atoms with Gasteiger partial charge in [-0.05, 0) is 30.4 Å². The Morgan fingerprint density at radius 1 is 1.41 bits per heavy atom. The number of hydrogen-bond acceptors (Lipinski definition) is 5. The standard InChI is InChI=1S/C16H24N2O3S/c1-12-3-9-22-15(12)16(19)17-10-14(13-2-6-21-11-13)18-4-7-20-8-5-18/h3,9,13-14H,2,4-8,10-11H2,1H3,(H,17,19)/t13-,14-/m0/s1. The van der Waals surface area contributed by atoms with E-state index < -0.39 is 0 Å². The average molecular weight is 324 g/mol. The van der Waals surface area contributed by atoms with Crippen molar-refractivity contribution < 1.29 is 14.3 Å². The molecule has 1 aromatic rings. The van der Waals surface area contributed by atoms with Crippen LogP contribution in [0.1, 0.15) is 21.7 Å². The number of thiophene rings is 1. The van der Waals surface area contributed by atoms with Crippen LogP contribution in [-0.4, -0.2) is 62.9 Å². The third kappa shape index (κ3) is 3.68. The van der Waals surface area contributed by atoms with E-state index in [0.717, 1.165) is 56.4 Å². The van der Waals surface area contributed by atoms with Gasteiger partial charge < -0.3 is 14.8 Å². The predicted octanol–water partition coefficient (Wildman–Crippen LogP) is 1.52. The van der Waals surface area contributed by atoms with Gasteiger partial charge in [0.1, 0.15) is 0 Å². The second-order valence-electron chi connectivity index (χ2n) is 5.98. The summed E-state index contributed by atoms with van der Waals surface area (Å²) < 4.78 is 11.0. The smallest absolute Gasteiger partial charge is 0.261 e. The molecule has 0 bridgehead atoms. The molecule has 1 amide bonds. The Morgan fingerprint density at radius 2 is 2.23 bits per heavy atom. The zero-order valence-corrected chi connectivity index (χ0v) is 13.9. The van der Waals surface area contributed by atoms with Crippen molar-refractivity contribution in [2.24, 2.45) is 5.92 Å². The molecule has 2 saturated heterocycles. The Balaban J connectivity index is 1.62. The Bertz CT molecular complexity index is 493. The predicted molar refractivity (Wildman–Crippen MR) is 86.5 cm³/mol. The molecule has 3 rings (SSSR count). The summed E-state index contributed by atoms with van der Waals surface area (Å²) in [6.45, 7) is 7.74. The SMILES string of the molecule is Cc1ccsc1C(=O)NC[C@@H]([C@H]1CCOC1)N1CCOCC1. The van der Waals surface area contributed by atoms with Gasteiger partial charge >= 0.3 is 0 Å². The van der Waals surface area contributed by atoms with Crippen molar-refractivity contribution in [2.45, 2.75) is 19.4 Å². The molecule has 1 aromatic heterocycles. The summed E-state index contributed by atoms with van der Waals surface area (Å²) in [5.41, 5.74) is 1.05. The first kappa shape index (κ1) is 15.9. The fourth-order valence-electron chi connectivity index (χ4n) is 3.24. The van der Waals surface area contributed by atoms with Crippen LogP contribution in [-0.2, 0) is 9.47 Å². The topological polar surface area (TPSA) is 50.8 Å². The molecule has 0 unspecified atom stereocenters. The maximum Gasteiger partial charge on any atom is 0.261 e. The molecule has 2 atom stereocenters. The molecule has 22 heavy (non-hydrogen) atoms. The van der Waals surface area contributed by atoms with Crippen LogP contribution in [0.3, 0.4) is 0 Å². The van der Waals surface area contributed by atoms with Gasteiger partial charge in [0.25, 0.3) is 5.91 Å². The molecule has 0 radical (unpaired) electrons. The highest BCUT2D eigenvalue weighted by Gasteiger charge is 2.31. The van der Waals surface area contributed by atoms with Gasteiger partial charge in [0.15, 0.2) is 0 Å². The van der Waals surface area contributed by atoms with Gasteiger partial charge in [-0.2, -0.15) is 0 Å². The van der Waals surface area contributed by atoms with Crippen LogP contribution in [0.4, 0.5) is 0 Å². The minimum Gasteiger partial charge on any atom is -0.381 e. The van der Waals surface area contributed by atoms with Gasteiger partial charge in [-0.15, -0.1) is 11.3 Å². The Hall–Kier alpha value is -0.950. The van der Waals surface area contributed by atoms with Crippen molar-refractivity contribution in [3.05, 3.63) is 21.9 Å². The lowest BCUT2D eigenvalue weighted by molar-refractivity contribution is 0.00167. The fourth-order valence-corrected chi connectivity index (χ4v) is 4.08. The number of amides is 1. The van der Waals surface area contributed by atoms with Crippen LogP contribution in [0.5, 0.6) is 0 Å². The van der Waals surface area contributed by atoms with Crippen LogP contribution < -0.4 is 5.32 Å². The highest BCUT2D eigenvalue weighted by molar-refractivity contribution is 7.12. The summed E-state index contributed by atoms with van der Waals surface area (Å²) >= 11 is 1.51. The largest absolute Gasteiger partial charge is 0.381 e. The average Bonchev–Trinajstić information content (AvgIpc) is 3.20. The van der Waals surface area contributed by atoms with Crippen molar-refractivity contribution >= 4 is 17.2 Å². The molecule has 0 saturated carbocycles. The normalized spacial score (nSPS) is 24.3. The number of ether oxygens (including phenoxy) is 2. The van der Waals surface area contributed by atoms with Gasteiger partial charge in [0, 0.05) is 38.2 Å². The number of carbonyl (C=O) groups excluding carboxylic acids is 1. The van der Waals surface area contributed by atoms with E-state index in [9.17, 15) is 4.79 Å². The lowest BCUT2D eigenvalue weighted by Gasteiger charge is -2.37. The van der Waals surface area contributed by atoms with Crippen LogP contribution in [0.2, 0.25) is 0 Å². The lowest BCUT2D eigenvalue weighted by atomic mass is 9.97. The molecular formula is C16H24N2O3S. The third-order valence-corrected chi connectivity index (χ3v) is 5.58. The first-order valence-electron chi connectivity index (χ1n) is 7.97. The molecule has 2 aliphatic rings. The molecule has 0 aromatic carbocycles. The molecule has 0 aliphatic carbocycles. The number of morpholine rings is 1. The monoisotopic (exact) mass is 324 g/mol. The second-order valence-corrected chi connectivity index (χ2v) is 6.90. The summed E-state index contributed by atoms with van der Waals surface area (Å²) in [5.74, 6) is 0.549. The Kier molecular flexibility index (Phi) is 5.46. The van der Waals surface area contributed by atoms with Crippen molar-refractivity contribution in [2.75, 3.05) is 46.1 Å². The van der Waals surface area contributed by atoms with Crippen LogP contribution in [0.25, 0.3) is 0 Å². The van der Waals surface area contributed by atoms with Crippen molar-refractivity contribution in [1.82, 2.24) is 10.2 Å². The highest BCUT2D eigenvalue weighted by Crippen LogP contribution is 2.22. The third-order valence-electron chi connectivity index (χ3n) is 4.56. The van der Waals surface area contributed by atoms with E-state index in [-0.39, 0.29) is 5.91 Å². The summed E-state index contributed by atoms with van der Waals surface area (Å²) in [6.07, 6.45) is 1.08. The zero-order chi connectivity index (χ0) is 15.4. The first-order chi connectivity index (χ1) is 10.8. The Labute approximate surface area is 135 Å². The van der Waals surface area contributed by atoms with E-state index in [4.69, 9.17) is 9.47 Å². The zero-order valence-electron chi connectivity index (χ0n) is 13.0. The summed E-state index contributed by atoms with van der Waals surface area (Å²) in [5, 5.41) is 5.10. The number of hydrogen-bond donors (Lipinski definition) is 1. The van der Waals surface area contributed by atoms with E-state index >= 15 is 0 Å². The van der Waals surface area contributed by atoms with Crippen molar-refractivity contribution in [3.8, 4) is 0 Å². The summed E-state index contributed by atoms with van der Waals surface area (Å²) in [6, 6.07) is 2.33. The van der Waals surface area contributed by atoms with E-state index in [1.165, 1.54) is 11.3 Å². The Morgan fingerprint density at radius 3 is 2.86 bits per heavy atom.